The third kappa shape index (κ3) is 3.77. The Hall–Kier alpha value is -1.42. The molecule has 2 rings (SSSR count). The zero-order valence-corrected chi connectivity index (χ0v) is 11.9. The Morgan fingerprint density at radius 3 is 2.89 bits per heavy atom. The summed E-state index contributed by atoms with van der Waals surface area (Å²) >= 11 is 0. The van der Waals surface area contributed by atoms with Gasteiger partial charge in [-0.05, 0) is 45.0 Å². The minimum Gasteiger partial charge on any atom is -0.495 e. The number of methoxy groups -OCH3 is 1. The summed E-state index contributed by atoms with van der Waals surface area (Å²) in [5.74, 6) is 1.51. The zero-order chi connectivity index (χ0) is 13.7. The molecule has 1 aliphatic heterocycles. The molecule has 0 spiro atoms. The van der Waals surface area contributed by atoms with Gasteiger partial charge in [-0.2, -0.15) is 0 Å². The van der Waals surface area contributed by atoms with Crippen LogP contribution in [0.2, 0.25) is 0 Å². The third-order valence-electron chi connectivity index (χ3n) is 3.84. The Balaban J connectivity index is 1.80. The van der Waals surface area contributed by atoms with Crippen molar-refractivity contribution in [1.29, 1.82) is 0 Å². The summed E-state index contributed by atoms with van der Waals surface area (Å²) in [5.41, 5.74) is 6.48. The average Bonchev–Trinajstić information content (AvgIpc) is 2.41. The molecule has 1 unspecified atom stereocenters. The first-order chi connectivity index (χ1) is 9.20. The predicted octanol–water partition coefficient (Wildman–Crippen LogP) is 2.53. The maximum Gasteiger partial charge on any atom is 0.142 e. The molecule has 1 aliphatic rings. The predicted molar refractivity (Wildman–Crippen MR) is 77.8 cm³/mol. The molecule has 4 nitrogen and oxygen atoms in total. The van der Waals surface area contributed by atoms with Crippen LogP contribution in [0.3, 0.4) is 0 Å². The van der Waals surface area contributed by atoms with E-state index < -0.39 is 0 Å². The van der Waals surface area contributed by atoms with Crippen LogP contribution in [0.25, 0.3) is 0 Å². The number of ether oxygens (including phenoxy) is 2. The molecule has 0 bridgehead atoms. The standard InChI is InChI=1S/C15H24N2O2/c1-17-9-4-3-5-12(17)8-10-19-13-6-7-15(18-2)14(16)11-13/h6-7,11-12H,3-5,8-10,16H2,1-2H3. The van der Waals surface area contributed by atoms with Crippen molar-refractivity contribution in [1.82, 2.24) is 4.90 Å². The molecule has 106 valence electrons. The summed E-state index contributed by atoms with van der Waals surface area (Å²) in [4.78, 5) is 2.44. The summed E-state index contributed by atoms with van der Waals surface area (Å²) in [6, 6.07) is 6.23. The van der Waals surface area contributed by atoms with Crippen molar-refractivity contribution in [2.24, 2.45) is 0 Å². The fourth-order valence-corrected chi connectivity index (χ4v) is 2.62. The van der Waals surface area contributed by atoms with E-state index in [0.29, 0.717) is 17.5 Å². The zero-order valence-electron chi connectivity index (χ0n) is 11.9. The summed E-state index contributed by atoms with van der Waals surface area (Å²) in [6.45, 7) is 1.95. The van der Waals surface area contributed by atoms with Gasteiger partial charge in [-0.25, -0.2) is 0 Å². The second-order valence-corrected chi connectivity index (χ2v) is 5.17. The van der Waals surface area contributed by atoms with Gasteiger partial charge in [-0.15, -0.1) is 0 Å². The van der Waals surface area contributed by atoms with Crippen molar-refractivity contribution in [2.45, 2.75) is 31.7 Å². The maximum atomic E-state index is 5.86. The molecule has 1 aromatic rings. The third-order valence-corrected chi connectivity index (χ3v) is 3.84. The first-order valence-corrected chi connectivity index (χ1v) is 6.97. The Bertz CT molecular complexity index is 409. The molecule has 1 saturated heterocycles. The van der Waals surface area contributed by atoms with Gasteiger partial charge in [0, 0.05) is 12.1 Å². The van der Waals surface area contributed by atoms with E-state index in [4.69, 9.17) is 15.2 Å². The molecule has 0 amide bonds. The normalized spacial score (nSPS) is 20.2. The van der Waals surface area contributed by atoms with Crippen molar-refractivity contribution >= 4 is 5.69 Å². The number of nitrogens with zero attached hydrogens (tertiary/aromatic N) is 1. The lowest BCUT2D eigenvalue weighted by Gasteiger charge is -2.32. The van der Waals surface area contributed by atoms with E-state index in [1.54, 1.807) is 7.11 Å². The average molecular weight is 264 g/mol. The van der Waals surface area contributed by atoms with Crippen LogP contribution in [0.15, 0.2) is 18.2 Å². The van der Waals surface area contributed by atoms with Crippen molar-refractivity contribution in [3.05, 3.63) is 18.2 Å². The van der Waals surface area contributed by atoms with Crippen LogP contribution in [0.1, 0.15) is 25.7 Å². The topological polar surface area (TPSA) is 47.7 Å². The quantitative estimate of drug-likeness (QED) is 0.830. The Morgan fingerprint density at radius 1 is 1.37 bits per heavy atom. The molecule has 1 aromatic carbocycles. The van der Waals surface area contributed by atoms with Gasteiger partial charge in [0.15, 0.2) is 0 Å². The van der Waals surface area contributed by atoms with Gasteiger partial charge in [0.05, 0.1) is 19.4 Å². The molecule has 1 heterocycles. The molecule has 0 saturated carbocycles. The number of anilines is 1. The van der Waals surface area contributed by atoms with Gasteiger partial charge in [-0.3, -0.25) is 0 Å². The van der Waals surface area contributed by atoms with Crippen molar-refractivity contribution < 1.29 is 9.47 Å². The summed E-state index contributed by atoms with van der Waals surface area (Å²) in [6.07, 6.45) is 5.01. The SMILES string of the molecule is COc1ccc(OCCC2CCCCN2C)cc1N. The molecule has 4 heteroatoms. The van der Waals surface area contributed by atoms with Crippen LogP contribution in [0, 0.1) is 0 Å². The van der Waals surface area contributed by atoms with Gasteiger partial charge in [0.25, 0.3) is 0 Å². The van der Waals surface area contributed by atoms with Crippen LogP contribution < -0.4 is 15.2 Å². The Morgan fingerprint density at radius 2 is 2.21 bits per heavy atom. The lowest BCUT2D eigenvalue weighted by atomic mass is 10.0. The van der Waals surface area contributed by atoms with Crippen LogP contribution in [-0.4, -0.2) is 38.3 Å². The smallest absolute Gasteiger partial charge is 0.142 e. The van der Waals surface area contributed by atoms with E-state index >= 15 is 0 Å². The van der Waals surface area contributed by atoms with Gasteiger partial charge >= 0.3 is 0 Å². The van der Waals surface area contributed by atoms with Crippen molar-refractivity contribution in [3.63, 3.8) is 0 Å². The highest BCUT2D eigenvalue weighted by molar-refractivity contribution is 5.56. The first kappa shape index (κ1) is 14.0. The maximum absolute atomic E-state index is 5.86. The summed E-state index contributed by atoms with van der Waals surface area (Å²) in [7, 11) is 3.82. The van der Waals surface area contributed by atoms with Crippen LogP contribution in [-0.2, 0) is 0 Å². The molecule has 19 heavy (non-hydrogen) atoms. The van der Waals surface area contributed by atoms with Crippen LogP contribution >= 0.6 is 0 Å². The molecular formula is C15H24N2O2. The van der Waals surface area contributed by atoms with E-state index in [9.17, 15) is 0 Å². The molecular weight excluding hydrogens is 240 g/mol. The molecule has 2 N–H and O–H groups in total. The second-order valence-electron chi connectivity index (χ2n) is 5.17. The molecule has 0 aliphatic carbocycles. The van der Waals surface area contributed by atoms with E-state index in [-0.39, 0.29) is 0 Å². The fourth-order valence-electron chi connectivity index (χ4n) is 2.62. The van der Waals surface area contributed by atoms with Crippen LogP contribution in [0.5, 0.6) is 11.5 Å². The minimum absolute atomic E-state index is 0.620. The minimum atomic E-state index is 0.620. The largest absolute Gasteiger partial charge is 0.495 e. The highest BCUT2D eigenvalue weighted by atomic mass is 16.5. The van der Waals surface area contributed by atoms with Gasteiger partial charge < -0.3 is 20.1 Å². The van der Waals surface area contributed by atoms with Gasteiger partial charge in [0.1, 0.15) is 11.5 Å². The van der Waals surface area contributed by atoms with Crippen molar-refractivity contribution in [2.75, 3.05) is 33.0 Å². The fraction of sp³-hybridized carbons (Fsp3) is 0.600. The van der Waals surface area contributed by atoms with E-state index in [1.807, 2.05) is 18.2 Å². The molecule has 1 fully saturated rings. The lowest BCUT2D eigenvalue weighted by molar-refractivity contribution is 0.153. The first-order valence-electron chi connectivity index (χ1n) is 6.97. The number of piperidine rings is 1. The number of rotatable bonds is 5. The van der Waals surface area contributed by atoms with Gasteiger partial charge in [-0.1, -0.05) is 6.42 Å². The van der Waals surface area contributed by atoms with E-state index in [0.717, 1.165) is 18.8 Å². The number of hydrogen-bond donors (Lipinski definition) is 1. The van der Waals surface area contributed by atoms with E-state index in [2.05, 4.69) is 11.9 Å². The number of nitrogen functional groups attached to an aromatic ring is 1. The summed E-state index contributed by atoms with van der Waals surface area (Å²) < 4.78 is 10.9. The van der Waals surface area contributed by atoms with Gasteiger partial charge in [0.2, 0.25) is 0 Å². The number of hydrogen-bond acceptors (Lipinski definition) is 4. The second kappa shape index (κ2) is 6.66. The van der Waals surface area contributed by atoms with Crippen molar-refractivity contribution in [3.8, 4) is 11.5 Å². The number of likely N-dealkylation sites (tertiary alicyclic amines) is 1. The highest BCUT2D eigenvalue weighted by Gasteiger charge is 2.18. The Kier molecular flexibility index (Phi) is 4.91. The van der Waals surface area contributed by atoms with Crippen LogP contribution in [0.4, 0.5) is 5.69 Å². The molecule has 1 atom stereocenters. The van der Waals surface area contributed by atoms with E-state index in [1.165, 1.54) is 25.8 Å². The Labute approximate surface area is 115 Å². The molecule has 0 radical (unpaired) electrons. The summed E-state index contributed by atoms with van der Waals surface area (Å²) in [5, 5.41) is 0. The monoisotopic (exact) mass is 264 g/mol. The molecule has 0 aromatic heterocycles. The number of benzene rings is 1. The lowest BCUT2D eigenvalue weighted by Crippen LogP contribution is -2.37. The highest BCUT2D eigenvalue weighted by Crippen LogP contribution is 2.26. The number of nitrogens with two attached hydrogens (primary N) is 1.